The highest BCUT2D eigenvalue weighted by molar-refractivity contribution is 5.88. The first-order valence-corrected chi connectivity index (χ1v) is 4.62. The first kappa shape index (κ1) is 10.1. The first-order valence-electron chi connectivity index (χ1n) is 4.62. The lowest BCUT2D eigenvalue weighted by Crippen LogP contribution is -2.09. The minimum Gasteiger partial charge on any atom is -0.500 e. The van der Waals surface area contributed by atoms with Gasteiger partial charge in [-0.25, -0.2) is 4.79 Å². The average molecular weight is 184 g/mol. The maximum absolute atomic E-state index is 11.3. The molecule has 1 aliphatic carbocycles. The highest BCUT2D eigenvalue weighted by Gasteiger charge is 2.30. The monoisotopic (exact) mass is 184 g/mol. The van der Waals surface area contributed by atoms with E-state index in [-0.39, 0.29) is 5.97 Å². The third kappa shape index (κ3) is 2.47. The van der Waals surface area contributed by atoms with Crippen LogP contribution in [0.1, 0.15) is 26.7 Å². The fourth-order valence-corrected chi connectivity index (χ4v) is 1.31. The lowest BCUT2D eigenvalue weighted by atomic mass is 10.2. The van der Waals surface area contributed by atoms with Crippen LogP contribution in [0.2, 0.25) is 0 Å². The van der Waals surface area contributed by atoms with E-state index in [0.29, 0.717) is 18.1 Å². The van der Waals surface area contributed by atoms with Crippen molar-refractivity contribution in [3.05, 3.63) is 11.3 Å². The molecule has 0 N–H and O–H groups in total. The summed E-state index contributed by atoms with van der Waals surface area (Å²) in [5.41, 5.74) is 0.617. The Kier molecular flexibility index (Phi) is 3.34. The summed E-state index contributed by atoms with van der Waals surface area (Å²) in [6, 6.07) is 0. The third-order valence-corrected chi connectivity index (χ3v) is 2.12. The van der Waals surface area contributed by atoms with Gasteiger partial charge in [0, 0.05) is 5.92 Å². The molecule has 1 rings (SSSR count). The summed E-state index contributed by atoms with van der Waals surface area (Å²) in [5.74, 6) is 0.999. The first-order chi connectivity index (χ1) is 6.20. The second kappa shape index (κ2) is 4.30. The van der Waals surface area contributed by atoms with Crippen molar-refractivity contribution in [1.29, 1.82) is 0 Å². The third-order valence-electron chi connectivity index (χ3n) is 2.12. The number of carbonyl (C=O) groups excluding carboxylic acids is 1. The quantitative estimate of drug-likeness (QED) is 0.380. The van der Waals surface area contributed by atoms with Crippen LogP contribution in [0.25, 0.3) is 0 Å². The Morgan fingerprint density at radius 3 is 2.46 bits per heavy atom. The number of ether oxygens (including phenoxy) is 2. The molecular formula is C10H16O3. The van der Waals surface area contributed by atoms with E-state index in [1.54, 1.807) is 21.0 Å². The SMILES string of the molecule is CCOC(=O)C(C)=C(OC)C1CC1. The molecule has 0 aromatic carbocycles. The maximum atomic E-state index is 11.3. The van der Waals surface area contributed by atoms with Gasteiger partial charge in [-0.05, 0) is 26.7 Å². The fourth-order valence-electron chi connectivity index (χ4n) is 1.31. The van der Waals surface area contributed by atoms with Crippen molar-refractivity contribution >= 4 is 5.97 Å². The van der Waals surface area contributed by atoms with Crippen molar-refractivity contribution < 1.29 is 14.3 Å². The molecule has 1 aliphatic rings. The zero-order valence-electron chi connectivity index (χ0n) is 8.42. The number of esters is 1. The molecule has 0 unspecified atom stereocenters. The Morgan fingerprint density at radius 2 is 2.08 bits per heavy atom. The van der Waals surface area contributed by atoms with E-state index in [9.17, 15) is 4.79 Å². The van der Waals surface area contributed by atoms with Gasteiger partial charge < -0.3 is 9.47 Å². The van der Waals surface area contributed by atoms with Gasteiger partial charge in [-0.15, -0.1) is 0 Å². The van der Waals surface area contributed by atoms with Gasteiger partial charge in [0.15, 0.2) is 0 Å². The second-order valence-corrected chi connectivity index (χ2v) is 3.19. The molecule has 3 nitrogen and oxygen atoms in total. The summed E-state index contributed by atoms with van der Waals surface area (Å²) in [7, 11) is 1.61. The number of hydrogen-bond acceptors (Lipinski definition) is 3. The lowest BCUT2D eigenvalue weighted by Gasteiger charge is -2.08. The molecule has 0 amide bonds. The molecule has 3 heteroatoms. The smallest absolute Gasteiger partial charge is 0.337 e. The van der Waals surface area contributed by atoms with Crippen LogP contribution in [0.4, 0.5) is 0 Å². The Bertz CT molecular complexity index is 226. The molecule has 1 fully saturated rings. The standard InChI is InChI=1S/C10H16O3/c1-4-13-10(11)7(2)9(12-3)8-5-6-8/h8H,4-6H2,1-3H3. The van der Waals surface area contributed by atoms with Crippen molar-refractivity contribution in [3.8, 4) is 0 Å². The Morgan fingerprint density at radius 1 is 1.46 bits per heavy atom. The normalized spacial score (nSPS) is 17.8. The van der Waals surface area contributed by atoms with E-state index < -0.39 is 0 Å². The summed E-state index contributed by atoms with van der Waals surface area (Å²) in [6.07, 6.45) is 2.25. The van der Waals surface area contributed by atoms with E-state index in [4.69, 9.17) is 9.47 Å². The molecule has 74 valence electrons. The van der Waals surface area contributed by atoms with Crippen molar-refractivity contribution in [2.24, 2.45) is 5.92 Å². The van der Waals surface area contributed by atoms with Crippen molar-refractivity contribution in [1.82, 2.24) is 0 Å². The van der Waals surface area contributed by atoms with Crippen LogP contribution < -0.4 is 0 Å². The topological polar surface area (TPSA) is 35.5 Å². The van der Waals surface area contributed by atoms with Crippen LogP contribution in [0.3, 0.4) is 0 Å². The zero-order valence-corrected chi connectivity index (χ0v) is 8.42. The minimum atomic E-state index is -0.258. The molecule has 1 saturated carbocycles. The number of hydrogen-bond donors (Lipinski definition) is 0. The molecule has 0 saturated heterocycles. The maximum Gasteiger partial charge on any atom is 0.337 e. The van der Waals surface area contributed by atoms with E-state index >= 15 is 0 Å². The second-order valence-electron chi connectivity index (χ2n) is 3.19. The number of methoxy groups -OCH3 is 1. The van der Waals surface area contributed by atoms with Gasteiger partial charge in [-0.3, -0.25) is 0 Å². The molecule has 0 bridgehead atoms. The molecule has 13 heavy (non-hydrogen) atoms. The molecule has 0 aromatic heterocycles. The molecule has 0 atom stereocenters. The summed E-state index contributed by atoms with van der Waals surface area (Å²) in [5, 5.41) is 0. The van der Waals surface area contributed by atoms with Crippen LogP contribution in [0.5, 0.6) is 0 Å². The van der Waals surface area contributed by atoms with Gasteiger partial charge in [-0.2, -0.15) is 0 Å². The van der Waals surface area contributed by atoms with Crippen LogP contribution in [0, 0.1) is 5.92 Å². The van der Waals surface area contributed by atoms with Crippen molar-refractivity contribution in [2.75, 3.05) is 13.7 Å². The van der Waals surface area contributed by atoms with Gasteiger partial charge in [0.1, 0.15) is 5.76 Å². The van der Waals surface area contributed by atoms with Crippen molar-refractivity contribution in [2.45, 2.75) is 26.7 Å². The largest absolute Gasteiger partial charge is 0.500 e. The predicted molar refractivity (Wildman–Crippen MR) is 49.1 cm³/mol. The highest BCUT2D eigenvalue weighted by atomic mass is 16.5. The Balaban J connectivity index is 2.68. The highest BCUT2D eigenvalue weighted by Crippen LogP contribution is 2.38. The summed E-state index contributed by atoms with van der Waals surface area (Å²) in [6.45, 7) is 3.97. The van der Waals surface area contributed by atoms with Gasteiger partial charge >= 0.3 is 5.97 Å². The summed E-state index contributed by atoms with van der Waals surface area (Å²) in [4.78, 5) is 11.3. The molecule has 0 radical (unpaired) electrons. The predicted octanol–water partition coefficient (Wildman–Crippen LogP) is 1.88. The average Bonchev–Trinajstić information content (AvgIpc) is 2.90. The molecular weight excluding hydrogens is 168 g/mol. The van der Waals surface area contributed by atoms with Crippen LogP contribution in [0.15, 0.2) is 11.3 Å². The van der Waals surface area contributed by atoms with E-state index in [0.717, 1.165) is 18.6 Å². The van der Waals surface area contributed by atoms with Gasteiger partial charge in [0.25, 0.3) is 0 Å². The van der Waals surface area contributed by atoms with E-state index in [1.165, 1.54) is 0 Å². The molecule has 0 aromatic rings. The number of rotatable bonds is 4. The number of carbonyl (C=O) groups is 1. The van der Waals surface area contributed by atoms with Gasteiger partial charge in [-0.1, -0.05) is 0 Å². The van der Waals surface area contributed by atoms with Gasteiger partial charge in [0.05, 0.1) is 19.3 Å². The van der Waals surface area contributed by atoms with Crippen LogP contribution in [-0.2, 0) is 14.3 Å². The zero-order chi connectivity index (χ0) is 9.84. The van der Waals surface area contributed by atoms with E-state index in [2.05, 4.69) is 0 Å². The van der Waals surface area contributed by atoms with Gasteiger partial charge in [0.2, 0.25) is 0 Å². The van der Waals surface area contributed by atoms with Crippen molar-refractivity contribution in [3.63, 3.8) is 0 Å². The fraction of sp³-hybridized carbons (Fsp3) is 0.700. The Hall–Kier alpha value is -0.990. The van der Waals surface area contributed by atoms with E-state index in [1.807, 2.05) is 0 Å². The van der Waals surface area contributed by atoms with Crippen LogP contribution >= 0.6 is 0 Å². The molecule has 0 spiro atoms. The Labute approximate surface area is 78.7 Å². The number of allylic oxidation sites excluding steroid dienone is 1. The molecule has 0 heterocycles. The summed E-state index contributed by atoms with van der Waals surface area (Å²) >= 11 is 0. The summed E-state index contributed by atoms with van der Waals surface area (Å²) < 4.78 is 10.1. The minimum absolute atomic E-state index is 0.258. The van der Waals surface area contributed by atoms with Crippen LogP contribution in [-0.4, -0.2) is 19.7 Å². The molecule has 0 aliphatic heterocycles. The lowest BCUT2D eigenvalue weighted by molar-refractivity contribution is -0.138.